The Morgan fingerprint density at radius 1 is 1.04 bits per heavy atom. The summed E-state index contributed by atoms with van der Waals surface area (Å²) in [6.45, 7) is 5.05. The van der Waals surface area contributed by atoms with Crippen LogP contribution in [0.4, 0.5) is 11.4 Å². The fourth-order valence-corrected chi connectivity index (χ4v) is 1.93. The number of benzene rings is 1. The van der Waals surface area contributed by atoms with Gasteiger partial charge in [-0.05, 0) is 31.0 Å². The number of nitrogens with one attached hydrogen (secondary N) is 2. The van der Waals surface area contributed by atoms with Crippen LogP contribution in [0.15, 0.2) is 23.9 Å². The highest BCUT2D eigenvalue weighted by Crippen LogP contribution is 2.28. The molecule has 0 saturated heterocycles. The number of aryl methyl sites for hydroxylation is 1. The first-order valence-corrected chi connectivity index (χ1v) is 6.83. The first-order chi connectivity index (χ1) is 10.8. The van der Waals surface area contributed by atoms with E-state index in [-0.39, 0.29) is 11.6 Å². The molecule has 0 bridgehead atoms. The SMILES string of the molecule is COC(=O)/C=C(/Nc1ccc(C)c(NC(C)=O)c1C)C(=O)OC. The van der Waals surface area contributed by atoms with Crippen molar-refractivity contribution in [2.45, 2.75) is 20.8 Å². The molecule has 1 aromatic rings. The van der Waals surface area contributed by atoms with Gasteiger partial charge in [0, 0.05) is 18.3 Å². The largest absolute Gasteiger partial charge is 0.466 e. The number of esters is 2. The van der Waals surface area contributed by atoms with E-state index in [4.69, 9.17) is 0 Å². The lowest BCUT2D eigenvalue weighted by molar-refractivity contribution is -0.138. The molecule has 7 nitrogen and oxygen atoms in total. The van der Waals surface area contributed by atoms with E-state index < -0.39 is 11.9 Å². The topological polar surface area (TPSA) is 93.7 Å². The minimum absolute atomic E-state index is 0.0694. The molecule has 1 rings (SSSR count). The Morgan fingerprint density at radius 2 is 1.70 bits per heavy atom. The monoisotopic (exact) mass is 320 g/mol. The van der Waals surface area contributed by atoms with Gasteiger partial charge in [0.2, 0.25) is 5.91 Å². The Hall–Kier alpha value is -2.83. The van der Waals surface area contributed by atoms with Crippen LogP contribution in [0.25, 0.3) is 0 Å². The van der Waals surface area contributed by atoms with Gasteiger partial charge in [0.15, 0.2) is 0 Å². The lowest BCUT2D eigenvalue weighted by atomic mass is 10.1. The van der Waals surface area contributed by atoms with Crippen LogP contribution in [0, 0.1) is 13.8 Å². The first-order valence-electron chi connectivity index (χ1n) is 6.83. The van der Waals surface area contributed by atoms with Crippen LogP contribution >= 0.6 is 0 Å². The molecule has 0 aliphatic rings. The van der Waals surface area contributed by atoms with Crippen LogP contribution in [-0.2, 0) is 23.9 Å². The van der Waals surface area contributed by atoms with E-state index in [1.54, 1.807) is 19.1 Å². The van der Waals surface area contributed by atoms with Gasteiger partial charge in [-0.1, -0.05) is 6.07 Å². The van der Waals surface area contributed by atoms with E-state index in [0.717, 1.165) is 17.2 Å². The minimum atomic E-state index is -0.712. The molecule has 0 aliphatic heterocycles. The number of anilines is 2. The maximum absolute atomic E-state index is 11.8. The Bertz CT molecular complexity index is 665. The molecule has 124 valence electrons. The number of hydrogen-bond acceptors (Lipinski definition) is 6. The second-order valence-corrected chi connectivity index (χ2v) is 4.81. The van der Waals surface area contributed by atoms with Crippen LogP contribution in [0.3, 0.4) is 0 Å². The zero-order valence-electron chi connectivity index (χ0n) is 13.8. The predicted molar refractivity (Wildman–Crippen MR) is 86.0 cm³/mol. The lowest BCUT2D eigenvalue weighted by Gasteiger charge is -2.16. The van der Waals surface area contributed by atoms with Gasteiger partial charge in [-0.2, -0.15) is 0 Å². The third-order valence-corrected chi connectivity index (χ3v) is 3.11. The van der Waals surface area contributed by atoms with Gasteiger partial charge in [0.05, 0.1) is 20.3 Å². The molecule has 7 heteroatoms. The third kappa shape index (κ3) is 4.84. The standard InChI is InChI=1S/C16H20N2O5/c1-9-6-7-12(10(2)15(9)17-11(3)19)18-13(16(21)23-5)8-14(20)22-4/h6-8,18H,1-5H3,(H,17,19)/b13-8+. The first kappa shape index (κ1) is 18.2. The average molecular weight is 320 g/mol. The van der Waals surface area contributed by atoms with Crippen molar-refractivity contribution in [1.82, 2.24) is 0 Å². The van der Waals surface area contributed by atoms with E-state index in [9.17, 15) is 14.4 Å². The van der Waals surface area contributed by atoms with Gasteiger partial charge in [0.25, 0.3) is 0 Å². The second kappa shape index (κ2) is 7.98. The molecule has 0 heterocycles. The number of ether oxygens (including phenoxy) is 2. The number of amides is 1. The number of methoxy groups -OCH3 is 2. The van der Waals surface area contributed by atoms with Gasteiger partial charge >= 0.3 is 11.9 Å². The molecule has 0 atom stereocenters. The van der Waals surface area contributed by atoms with Crippen LogP contribution < -0.4 is 10.6 Å². The van der Waals surface area contributed by atoms with Crippen LogP contribution in [0.2, 0.25) is 0 Å². The van der Waals surface area contributed by atoms with E-state index in [2.05, 4.69) is 20.1 Å². The average Bonchev–Trinajstić information content (AvgIpc) is 2.51. The van der Waals surface area contributed by atoms with Crippen molar-refractivity contribution >= 4 is 29.2 Å². The molecular weight excluding hydrogens is 300 g/mol. The van der Waals surface area contributed by atoms with Crippen molar-refractivity contribution in [3.05, 3.63) is 35.0 Å². The second-order valence-electron chi connectivity index (χ2n) is 4.81. The van der Waals surface area contributed by atoms with Crippen molar-refractivity contribution in [1.29, 1.82) is 0 Å². The third-order valence-electron chi connectivity index (χ3n) is 3.11. The zero-order valence-corrected chi connectivity index (χ0v) is 13.8. The molecule has 0 spiro atoms. The Morgan fingerprint density at radius 3 is 2.22 bits per heavy atom. The van der Waals surface area contributed by atoms with Crippen LogP contribution in [0.5, 0.6) is 0 Å². The molecule has 0 radical (unpaired) electrons. The number of hydrogen-bond donors (Lipinski definition) is 2. The molecule has 0 fully saturated rings. The zero-order chi connectivity index (χ0) is 17.6. The van der Waals surface area contributed by atoms with Crippen molar-refractivity contribution in [3.63, 3.8) is 0 Å². The molecule has 0 aromatic heterocycles. The highest BCUT2D eigenvalue weighted by atomic mass is 16.5. The van der Waals surface area contributed by atoms with Gasteiger partial charge in [-0.25, -0.2) is 9.59 Å². The fourth-order valence-electron chi connectivity index (χ4n) is 1.93. The fraction of sp³-hybridized carbons (Fsp3) is 0.312. The number of carbonyl (C=O) groups is 3. The maximum Gasteiger partial charge on any atom is 0.354 e. The molecule has 1 aromatic carbocycles. The molecular formula is C16H20N2O5. The van der Waals surface area contributed by atoms with Gasteiger partial charge in [0.1, 0.15) is 5.70 Å². The molecule has 2 N–H and O–H groups in total. The normalized spacial score (nSPS) is 10.7. The van der Waals surface area contributed by atoms with E-state index in [1.807, 2.05) is 6.92 Å². The van der Waals surface area contributed by atoms with Crippen molar-refractivity contribution in [2.75, 3.05) is 24.9 Å². The van der Waals surface area contributed by atoms with Crippen LogP contribution in [-0.4, -0.2) is 32.1 Å². The van der Waals surface area contributed by atoms with E-state index in [1.165, 1.54) is 21.1 Å². The molecule has 1 amide bonds. The molecule has 0 aliphatic carbocycles. The quantitative estimate of drug-likeness (QED) is 0.636. The summed E-state index contributed by atoms with van der Waals surface area (Å²) in [5.74, 6) is -1.60. The molecule has 0 unspecified atom stereocenters. The lowest BCUT2D eigenvalue weighted by Crippen LogP contribution is -2.17. The van der Waals surface area contributed by atoms with E-state index >= 15 is 0 Å². The van der Waals surface area contributed by atoms with Crippen LogP contribution in [0.1, 0.15) is 18.1 Å². The van der Waals surface area contributed by atoms with Crippen molar-refractivity contribution in [3.8, 4) is 0 Å². The highest BCUT2D eigenvalue weighted by molar-refractivity contribution is 5.99. The van der Waals surface area contributed by atoms with Gasteiger partial charge in [-0.15, -0.1) is 0 Å². The Balaban J connectivity index is 3.24. The summed E-state index contributed by atoms with van der Waals surface area (Å²) >= 11 is 0. The summed E-state index contributed by atoms with van der Waals surface area (Å²) < 4.78 is 9.16. The smallest absolute Gasteiger partial charge is 0.354 e. The summed E-state index contributed by atoms with van der Waals surface area (Å²) in [7, 11) is 2.42. The summed E-state index contributed by atoms with van der Waals surface area (Å²) in [6.07, 6.45) is 1.00. The summed E-state index contributed by atoms with van der Waals surface area (Å²) in [5, 5.41) is 5.58. The molecule has 0 saturated carbocycles. The number of rotatable bonds is 5. The summed E-state index contributed by atoms with van der Waals surface area (Å²) in [6, 6.07) is 3.53. The van der Waals surface area contributed by atoms with Gasteiger partial charge < -0.3 is 20.1 Å². The summed E-state index contributed by atoms with van der Waals surface area (Å²) in [4.78, 5) is 34.5. The summed E-state index contributed by atoms with van der Waals surface area (Å²) in [5.41, 5.74) is 2.73. The highest BCUT2D eigenvalue weighted by Gasteiger charge is 2.16. The Kier molecular flexibility index (Phi) is 6.32. The number of carbonyl (C=O) groups excluding carboxylic acids is 3. The van der Waals surface area contributed by atoms with Crippen molar-refractivity contribution < 1.29 is 23.9 Å². The minimum Gasteiger partial charge on any atom is -0.466 e. The van der Waals surface area contributed by atoms with E-state index in [0.29, 0.717) is 11.4 Å². The van der Waals surface area contributed by atoms with Gasteiger partial charge in [-0.3, -0.25) is 4.79 Å². The predicted octanol–water partition coefficient (Wildman–Crippen LogP) is 1.90. The van der Waals surface area contributed by atoms with Crippen molar-refractivity contribution in [2.24, 2.45) is 0 Å². The molecule has 23 heavy (non-hydrogen) atoms. The Labute approximate surface area is 134 Å². The maximum atomic E-state index is 11.8.